The number of carbonyl (C=O) groups excluding carboxylic acids is 1. The summed E-state index contributed by atoms with van der Waals surface area (Å²) in [4.78, 5) is 13.7. The molecule has 11 heteroatoms. The van der Waals surface area contributed by atoms with Crippen molar-refractivity contribution < 1.29 is 30.8 Å². The molecule has 160 valence electrons. The average Bonchev–Trinajstić information content (AvgIpc) is 2.96. The van der Waals surface area contributed by atoms with E-state index in [2.05, 4.69) is 0 Å². The molecule has 6 nitrogen and oxygen atoms in total. The standard InChI is InChI=1S/C18H21F4N3O3S/c19-14-3-1-2-13(8-14)10-25(6-4-12-5-7-29(27,28)11-12)17(26)15(23)9-16(24)18(20,21)22/h1-3,8-9,12,24H,4-7,10-11,23H2/b15-9-,24-16?. The number of rotatable bonds is 7. The van der Waals surface area contributed by atoms with Crippen molar-refractivity contribution in [2.24, 2.45) is 11.7 Å². The molecule has 1 amide bonds. The van der Waals surface area contributed by atoms with Gasteiger partial charge in [-0.2, -0.15) is 13.2 Å². The summed E-state index contributed by atoms with van der Waals surface area (Å²) in [5.74, 6) is -1.62. The summed E-state index contributed by atoms with van der Waals surface area (Å²) in [6.45, 7) is -0.0899. The molecule has 0 radical (unpaired) electrons. The Kier molecular flexibility index (Phi) is 7.04. The van der Waals surface area contributed by atoms with Gasteiger partial charge in [-0.3, -0.25) is 10.2 Å². The molecule has 1 heterocycles. The zero-order chi connectivity index (χ0) is 21.8. The van der Waals surface area contributed by atoms with E-state index in [4.69, 9.17) is 11.1 Å². The molecule has 1 saturated heterocycles. The van der Waals surface area contributed by atoms with Crippen molar-refractivity contribution >= 4 is 21.5 Å². The number of amides is 1. The van der Waals surface area contributed by atoms with Crippen molar-refractivity contribution in [1.29, 1.82) is 5.41 Å². The van der Waals surface area contributed by atoms with Crippen LogP contribution in [0.15, 0.2) is 36.0 Å². The summed E-state index contributed by atoms with van der Waals surface area (Å²) in [5.41, 5.74) is 3.34. The highest BCUT2D eigenvalue weighted by molar-refractivity contribution is 7.91. The number of halogens is 4. The normalized spacial score (nSPS) is 19.2. The minimum Gasteiger partial charge on any atom is -0.394 e. The predicted octanol–water partition coefficient (Wildman–Crippen LogP) is 2.40. The van der Waals surface area contributed by atoms with Gasteiger partial charge in [-0.15, -0.1) is 0 Å². The molecule has 0 aliphatic carbocycles. The second kappa shape index (κ2) is 8.93. The van der Waals surface area contributed by atoms with E-state index in [1.54, 1.807) is 6.07 Å². The third kappa shape index (κ3) is 6.84. The van der Waals surface area contributed by atoms with Crippen molar-refractivity contribution in [3.63, 3.8) is 0 Å². The van der Waals surface area contributed by atoms with Gasteiger partial charge in [0.15, 0.2) is 9.84 Å². The second-order valence-corrected chi connectivity index (χ2v) is 9.15. The molecule has 1 unspecified atom stereocenters. The Morgan fingerprint density at radius 3 is 2.59 bits per heavy atom. The maximum atomic E-state index is 13.4. The molecule has 1 aromatic rings. The Morgan fingerprint density at radius 2 is 2.03 bits per heavy atom. The Bertz CT molecular complexity index is 913. The van der Waals surface area contributed by atoms with E-state index in [1.807, 2.05) is 0 Å². The van der Waals surface area contributed by atoms with Crippen LogP contribution < -0.4 is 5.73 Å². The quantitative estimate of drug-likeness (QED) is 0.390. The van der Waals surface area contributed by atoms with Crippen molar-refractivity contribution in [3.8, 4) is 0 Å². The Morgan fingerprint density at radius 1 is 1.34 bits per heavy atom. The minimum atomic E-state index is -4.95. The third-order valence-electron chi connectivity index (χ3n) is 4.54. The lowest BCUT2D eigenvalue weighted by Crippen LogP contribution is -2.36. The molecule has 0 bridgehead atoms. The average molecular weight is 435 g/mol. The van der Waals surface area contributed by atoms with Crippen LogP contribution >= 0.6 is 0 Å². The van der Waals surface area contributed by atoms with Crippen LogP contribution in [0, 0.1) is 17.1 Å². The topological polar surface area (TPSA) is 104 Å². The van der Waals surface area contributed by atoms with Gasteiger partial charge in [0, 0.05) is 13.1 Å². The van der Waals surface area contributed by atoms with E-state index in [0.717, 1.165) is 4.90 Å². The molecule has 1 aliphatic rings. The highest BCUT2D eigenvalue weighted by Crippen LogP contribution is 2.23. The summed E-state index contributed by atoms with van der Waals surface area (Å²) in [7, 11) is -3.12. The van der Waals surface area contributed by atoms with Crippen LogP contribution in [0.1, 0.15) is 18.4 Å². The van der Waals surface area contributed by atoms with Crippen molar-refractivity contribution in [3.05, 3.63) is 47.4 Å². The van der Waals surface area contributed by atoms with Crippen molar-refractivity contribution in [2.45, 2.75) is 25.6 Å². The molecular formula is C18H21F4N3O3S. The third-order valence-corrected chi connectivity index (χ3v) is 6.37. The van der Waals surface area contributed by atoms with Crippen LogP contribution in [-0.2, 0) is 21.2 Å². The second-order valence-electron chi connectivity index (χ2n) is 6.93. The lowest BCUT2D eigenvalue weighted by molar-refractivity contribution is -0.128. The maximum Gasteiger partial charge on any atom is 0.432 e. The van der Waals surface area contributed by atoms with Gasteiger partial charge in [0.05, 0.1) is 17.2 Å². The molecule has 1 aliphatic heterocycles. The number of allylic oxidation sites excluding steroid dienone is 1. The fourth-order valence-corrected chi connectivity index (χ4v) is 4.94. The Labute approximate surface area is 165 Å². The lowest BCUT2D eigenvalue weighted by Gasteiger charge is -2.24. The fourth-order valence-electron chi connectivity index (χ4n) is 3.03. The smallest absolute Gasteiger partial charge is 0.394 e. The first-order chi connectivity index (χ1) is 13.4. The number of benzene rings is 1. The number of nitrogens with two attached hydrogens (primary N) is 1. The molecule has 1 aromatic carbocycles. The van der Waals surface area contributed by atoms with Gasteiger partial charge in [0.2, 0.25) is 0 Å². The summed E-state index contributed by atoms with van der Waals surface area (Å²) in [6.07, 6.45) is -3.96. The number of hydrogen-bond acceptors (Lipinski definition) is 5. The molecule has 3 N–H and O–H groups in total. The maximum absolute atomic E-state index is 13.4. The number of nitrogens with one attached hydrogen (secondary N) is 1. The summed E-state index contributed by atoms with van der Waals surface area (Å²) < 4.78 is 74.2. The zero-order valence-electron chi connectivity index (χ0n) is 15.4. The molecule has 0 aromatic heterocycles. The van der Waals surface area contributed by atoms with Crippen LogP contribution in [0.2, 0.25) is 0 Å². The Balaban J connectivity index is 2.17. The number of hydrogen-bond donors (Lipinski definition) is 2. The van der Waals surface area contributed by atoms with Gasteiger partial charge in [0.25, 0.3) is 5.91 Å². The molecule has 2 rings (SSSR count). The Hall–Kier alpha value is -2.43. The SMILES string of the molecule is N=C(/C=C(\N)C(=O)N(CCC1CCS(=O)(=O)C1)Cc1cccc(F)c1)C(F)(F)F. The number of nitrogens with zero attached hydrogens (tertiary/aromatic N) is 1. The molecule has 0 spiro atoms. The first kappa shape index (κ1) is 22.9. The molecule has 0 saturated carbocycles. The van der Waals surface area contributed by atoms with E-state index < -0.39 is 39.1 Å². The first-order valence-corrected chi connectivity index (χ1v) is 10.6. The van der Waals surface area contributed by atoms with Crippen molar-refractivity contribution in [2.75, 3.05) is 18.1 Å². The van der Waals surface area contributed by atoms with Crippen LogP contribution in [0.5, 0.6) is 0 Å². The van der Waals surface area contributed by atoms with Crippen LogP contribution in [-0.4, -0.2) is 49.2 Å². The summed E-state index contributed by atoms with van der Waals surface area (Å²) >= 11 is 0. The van der Waals surface area contributed by atoms with E-state index in [1.165, 1.54) is 18.2 Å². The monoisotopic (exact) mass is 435 g/mol. The van der Waals surface area contributed by atoms with E-state index in [9.17, 15) is 30.8 Å². The minimum absolute atomic E-state index is 0.0148. The van der Waals surface area contributed by atoms with Gasteiger partial charge >= 0.3 is 6.18 Å². The van der Waals surface area contributed by atoms with E-state index in [-0.39, 0.29) is 36.6 Å². The molecule has 1 atom stereocenters. The number of alkyl halides is 3. The highest BCUT2D eigenvalue weighted by Gasteiger charge is 2.34. The highest BCUT2D eigenvalue weighted by atomic mass is 32.2. The summed E-state index contributed by atoms with van der Waals surface area (Å²) in [5, 5.41) is 6.97. The number of carbonyl (C=O) groups is 1. The van der Waals surface area contributed by atoms with Crippen LogP contribution in [0.25, 0.3) is 0 Å². The fraction of sp³-hybridized carbons (Fsp3) is 0.444. The summed E-state index contributed by atoms with van der Waals surface area (Å²) in [6, 6.07) is 5.35. The molecule has 29 heavy (non-hydrogen) atoms. The van der Waals surface area contributed by atoms with Gasteiger partial charge in [-0.25, -0.2) is 12.8 Å². The predicted molar refractivity (Wildman–Crippen MR) is 99.2 cm³/mol. The van der Waals surface area contributed by atoms with Gasteiger partial charge in [-0.1, -0.05) is 12.1 Å². The first-order valence-electron chi connectivity index (χ1n) is 8.74. The van der Waals surface area contributed by atoms with Gasteiger partial charge < -0.3 is 10.6 Å². The zero-order valence-corrected chi connectivity index (χ0v) is 16.2. The van der Waals surface area contributed by atoms with Crippen molar-refractivity contribution in [1.82, 2.24) is 4.90 Å². The van der Waals surface area contributed by atoms with Gasteiger partial charge in [0.1, 0.15) is 11.5 Å². The molecule has 1 fully saturated rings. The van der Waals surface area contributed by atoms with Crippen LogP contribution in [0.3, 0.4) is 0 Å². The van der Waals surface area contributed by atoms with E-state index in [0.29, 0.717) is 18.4 Å². The van der Waals surface area contributed by atoms with Gasteiger partial charge in [-0.05, 0) is 42.5 Å². The molecular weight excluding hydrogens is 414 g/mol. The van der Waals surface area contributed by atoms with Crippen LogP contribution in [0.4, 0.5) is 17.6 Å². The number of sulfone groups is 1. The van der Waals surface area contributed by atoms with E-state index >= 15 is 0 Å². The largest absolute Gasteiger partial charge is 0.432 e. The lowest BCUT2D eigenvalue weighted by atomic mass is 10.0.